The molecule has 0 aliphatic heterocycles. The highest BCUT2D eigenvalue weighted by Gasteiger charge is 2.21. The van der Waals surface area contributed by atoms with Gasteiger partial charge in [0.1, 0.15) is 60.0 Å². The number of aromatic nitrogens is 2. The quantitative estimate of drug-likeness (QED) is 0.629. The molecular formula is C19H15N5O4. The van der Waals surface area contributed by atoms with Gasteiger partial charge >= 0.3 is 0 Å². The Morgan fingerprint density at radius 3 is 2.46 bits per heavy atom. The third kappa shape index (κ3) is 3.85. The summed E-state index contributed by atoms with van der Waals surface area (Å²) in [6, 6.07) is 10.7. The van der Waals surface area contributed by atoms with E-state index in [-0.39, 0.29) is 42.6 Å². The van der Waals surface area contributed by atoms with Gasteiger partial charge in [0.15, 0.2) is 6.39 Å². The lowest BCUT2D eigenvalue weighted by Gasteiger charge is -2.14. The molecule has 0 atom stereocenters. The lowest BCUT2D eigenvalue weighted by molar-refractivity contribution is 0.201. The van der Waals surface area contributed by atoms with E-state index in [1.807, 2.05) is 12.1 Å². The zero-order valence-electron chi connectivity index (χ0n) is 14.6. The summed E-state index contributed by atoms with van der Waals surface area (Å²) in [7, 11) is 0. The molecule has 0 amide bonds. The Bertz CT molecular complexity index is 1030. The third-order valence-electron chi connectivity index (χ3n) is 3.76. The van der Waals surface area contributed by atoms with E-state index in [1.54, 1.807) is 24.3 Å². The van der Waals surface area contributed by atoms with Gasteiger partial charge < -0.3 is 24.7 Å². The molecule has 140 valence electrons. The Morgan fingerprint density at radius 1 is 1.11 bits per heavy atom. The summed E-state index contributed by atoms with van der Waals surface area (Å²) in [5.41, 5.74) is 7.50. The van der Waals surface area contributed by atoms with Crippen molar-refractivity contribution in [3.8, 4) is 34.9 Å². The monoisotopic (exact) mass is 377 g/mol. The first-order chi connectivity index (χ1) is 13.7. The van der Waals surface area contributed by atoms with Crippen LogP contribution in [0.25, 0.3) is 11.1 Å². The van der Waals surface area contributed by atoms with Crippen molar-refractivity contribution in [3.63, 3.8) is 0 Å². The zero-order valence-corrected chi connectivity index (χ0v) is 14.6. The van der Waals surface area contributed by atoms with E-state index in [9.17, 15) is 10.5 Å². The van der Waals surface area contributed by atoms with Crippen LogP contribution in [0.5, 0.6) is 11.6 Å². The number of pyridine rings is 1. The Hall–Kier alpha value is -4.08. The van der Waals surface area contributed by atoms with Crippen LogP contribution in [0.15, 0.2) is 41.3 Å². The minimum Gasteiger partial charge on any atom is -0.491 e. The average Bonchev–Trinajstić information content (AvgIpc) is 3.24. The van der Waals surface area contributed by atoms with Crippen molar-refractivity contribution in [3.05, 3.63) is 53.7 Å². The second kappa shape index (κ2) is 8.54. The lowest BCUT2D eigenvalue weighted by atomic mass is 9.96. The molecule has 2 heterocycles. The van der Waals surface area contributed by atoms with E-state index >= 15 is 0 Å². The van der Waals surface area contributed by atoms with Crippen molar-refractivity contribution in [1.29, 1.82) is 10.5 Å². The van der Waals surface area contributed by atoms with Gasteiger partial charge in [-0.25, -0.2) is 4.98 Å². The van der Waals surface area contributed by atoms with Crippen LogP contribution in [0, 0.1) is 22.7 Å². The number of oxazole rings is 1. The summed E-state index contributed by atoms with van der Waals surface area (Å²) >= 11 is 0. The van der Waals surface area contributed by atoms with Crippen LogP contribution in [0.2, 0.25) is 0 Å². The maximum Gasteiger partial charge on any atom is 0.234 e. The fraction of sp³-hybridized carbons (Fsp3) is 0.158. The molecule has 0 saturated carbocycles. The first-order valence-electron chi connectivity index (χ1n) is 8.15. The van der Waals surface area contributed by atoms with E-state index in [0.717, 1.165) is 0 Å². The molecule has 9 nitrogen and oxygen atoms in total. The Kier molecular flexibility index (Phi) is 5.70. The molecule has 28 heavy (non-hydrogen) atoms. The molecule has 0 spiro atoms. The van der Waals surface area contributed by atoms with Crippen LogP contribution >= 0.6 is 0 Å². The summed E-state index contributed by atoms with van der Waals surface area (Å²) in [6.07, 6.45) is 2.67. The van der Waals surface area contributed by atoms with Gasteiger partial charge in [-0.1, -0.05) is 12.1 Å². The molecule has 1 aromatic carbocycles. The zero-order chi connectivity index (χ0) is 19.9. The topological polar surface area (TPSA) is 151 Å². The molecule has 0 unspecified atom stereocenters. The van der Waals surface area contributed by atoms with Crippen molar-refractivity contribution in [2.24, 2.45) is 0 Å². The largest absolute Gasteiger partial charge is 0.491 e. The van der Waals surface area contributed by atoms with Gasteiger partial charge in [-0.15, -0.1) is 0 Å². The Labute approximate surface area is 160 Å². The first kappa shape index (κ1) is 18.7. The molecule has 3 rings (SSSR count). The summed E-state index contributed by atoms with van der Waals surface area (Å²) in [5, 5.41) is 28.1. The van der Waals surface area contributed by atoms with Crippen LogP contribution in [0.1, 0.15) is 16.8 Å². The smallest absolute Gasteiger partial charge is 0.234 e. The van der Waals surface area contributed by atoms with E-state index in [0.29, 0.717) is 22.6 Å². The number of hydrogen-bond donors (Lipinski definition) is 2. The fourth-order valence-corrected chi connectivity index (χ4v) is 2.52. The molecule has 0 aliphatic carbocycles. The van der Waals surface area contributed by atoms with Gasteiger partial charge in [0.05, 0.1) is 6.61 Å². The van der Waals surface area contributed by atoms with Crippen molar-refractivity contribution in [1.82, 2.24) is 9.97 Å². The molecule has 0 aliphatic rings. The number of nitriles is 2. The van der Waals surface area contributed by atoms with Gasteiger partial charge in [0.2, 0.25) is 5.88 Å². The van der Waals surface area contributed by atoms with Crippen molar-refractivity contribution in [2.45, 2.75) is 6.61 Å². The van der Waals surface area contributed by atoms with Crippen LogP contribution in [0.4, 0.5) is 5.82 Å². The maximum absolute atomic E-state index is 9.69. The van der Waals surface area contributed by atoms with Gasteiger partial charge in [-0.05, 0) is 17.7 Å². The normalized spacial score (nSPS) is 10.1. The lowest BCUT2D eigenvalue weighted by Crippen LogP contribution is -2.06. The third-order valence-corrected chi connectivity index (χ3v) is 3.76. The second-order valence-electron chi connectivity index (χ2n) is 5.52. The first-order valence-corrected chi connectivity index (χ1v) is 8.15. The molecule has 3 aromatic rings. The number of anilines is 1. The number of nitrogens with zero attached hydrogens (tertiary/aromatic N) is 4. The standard InChI is InChI=1S/C19H15N5O4/c20-7-15-17(12-1-3-14(4-2-12)27-6-5-25)16(8-21)19(24-18(15)22)28-10-13-9-26-11-23-13/h1-4,9,11,25H,5-6,10H2,(H2,22,24). The molecule has 0 fully saturated rings. The minimum absolute atomic E-state index is 0.00222. The van der Waals surface area contributed by atoms with Crippen molar-refractivity contribution < 1.29 is 19.0 Å². The van der Waals surface area contributed by atoms with Crippen LogP contribution in [0.3, 0.4) is 0 Å². The number of nitrogens with two attached hydrogens (primary N) is 1. The molecule has 0 bridgehead atoms. The predicted molar refractivity (Wildman–Crippen MR) is 96.9 cm³/mol. The highest BCUT2D eigenvalue weighted by atomic mass is 16.5. The molecule has 2 aromatic heterocycles. The highest BCUT2D eigenvalue weighted by molar-refractivity contribution is 5.82. The number of rotatable bonds is 7. The Balaban J connectivity index is 2.03. The summed E-state index contributed by atoms with van der Waals surface area (Å²) < 4.78 is 15.8. The highest BCUT2D eigenvalue weighted by Crippen LogP contribution is 2.35. The molecule has 3 N–H and O–H groups in total. The van der Waals surface area contributed by atoms with Crippen molar-refractivity contribution >= 4 is 5.82 Å². The summed E-state index contributed by atoms with van der Waals surface area (Å²) in [6.45, 7) is 0.0807. The summed E-state index contributed by atoms with van der Waals surface area (Å²) in [5.74, 6) is 0.490. The van der Waals surface area contributed by atoms with Crippen LogP contribution in [-0.2, 0) is 6.61 Å². The predicted octanol–water partition coefficient (Wildman–Crippen LogP) is 2.01. The number of aliphatic hydroxyl groups excluding tert-OH is 1. The average molecular weight is 377 g/mol. The van der Waals surface area contributed by atoms with E-state index in [4.69, 9.17) is 24.7 Å². The maximum atomic E-state index is 9.69. The van der Waals surface area contributed by atoms with Gasteiger partial charge in [-0.3, -0.25) is 0 Å². The number of benzene rings is 1. The number of ether oxygens (including phenoxy) is 2. The van der Waals surface area contributed by atoms with Gasteiger partial charge in [-0.2, -0.15) is 15.5 Å². The van der Waals surface area contributed by atoms with Crippen LogP contribution < -0.4 is 15.2 Å². The number of nitrogen functional groups attached to an aromatic ring is 1. The van der Waals surface area contributed by atoms with Gasteiger partial charge in [0.25, 0.3) is 0 Å². The fourth-order valence-electron chi connectivity index (χ4n) is 2.52. The van der Waals surface area contributed by atoms with Crippen LogP contribution in [-0.4, -0.2) is 28.3 Å². The SMILES string of the molecule is N#Cc1c(N)nc(OCc2cocn2)c(C#N)c1-c1ccc(OCCO)cc1. The summed E-state index contributed by atoms with van der Waals surface area (Å²) in [4.78, 5) is 8.00. The number of hydrogen-bond acceptors (Lipinski definition) is 9. The Morgan fingerprint density at radius 2 is 1.86 bits per heavy atom. The van der Waals surface area contributed by atoms with Gasteiger partial charge in [0, 0.05) is 5.56 Å². The molecule has 0 saturated heterocycles. The van der Waals surface area contributed by atoms with E-state index in [1.165, 1.54) is 12.7 Å². The van der Waals surface area contributed by atoms with E-state index in [2.05, 4.69) is 9.97 Å². The molecule has 0 radical (unpaired) electrons. The molecule has 9 heteroatoms. The second-order valence-corrected chi connectivity index (χ2v) is 5.52. The molecular weight excluding hydrogens is 362 g/mol. The number of aliphatic hydroxyl groups is 1. The van der Waals surface area contributed by atoms with Crippen molar-refractivity contribution in [2.75, 3.05) is 18.9 Å². The van der Waals surface area contributed by atoms with E-state index < -0.39 is 0 Å². The minimum atomic E-state index is -0.105.